The van der Waals surface area contributed by atoms with Crippen molar-refractivity contribution >= 4 is 5.82 Å². The Labute approximate surface area is 149 Å². The second-order valence-corrected chi connectivity index (χ2v) is 7.00. The molecule has 2 atom stereocenters. The Morgan fingerprint density at radius 3 is 2.92 bits per heavy atom. The molecule has 0 unspecified atom stereocenters. The van der Waals surface area contributed by atoms with Gasteiger partial charge in [-0.05, 0) is 26.1 Å². The van der Waals surface area contributed by atoms with Crippen LogP contribution in [0.15, 0.2) is 36.5 Å². The summed E-state index contributed by atoms with van der Waals surface area (Å²) in [4.78, 5) is 2.23. The molecule has 132 valence electrons. The van der Waals surface area contributed by atoms with Gasteiger partial charge in [-0.25, -0.2) is 4.68 Å². The number of hydrogen-bond acceptors (Lipinski definition) is 5. The highest BCUT2D eigenvalue weighted by Gasteiger charge is 2.22. The number of hydrogen-bond donors (Lipinski definition) is 2. The largest absolute Gasteiger partial charge is 0.369 e. The highest BCUT2D eigenvalue weighted by atomic mass is 15.3. The molecular weight excluding hydrogens is 312 g/mol. The Morgan fingerprint density at radius 1 is 1.40 bits per heavy atom. The number of aromatic nitrogens is 2. The molecular formula is C19H26N6. The first-order valence-corrected chi connectivity index (χ1v) is 8.77. The summed E-state index contributed by atoms with van der Waals surface area (Å²) in [5.41, 5.74) is 1.98. The summed E-state index contributed by atoms with van der Waals surface area (Å²) in [5, 5.41) is 20.5. The highest BCUT2D eigenvalue weighted by Crippen LogP contribution is 2.20. The van der Waals surface area contributed by atoms with Crippen molar-refractivity contribution in [3.63, 3.8) is 0 Å². The standard InChI is InChI=1S/C19H26N6/c1-24(2)14-18(8-15-6-4-3-5-7-15)21-10-16-11-22-19-17(9-20)12-23-25(19)13-16/h3-7,12,16,18,21-22H,8,10-11,13-14H2,1-2H3/t16-,18-/m1/s1. The van der Waals surface area contributed by atoms with Gasteiger partial charge in [-0.2, -0.15) is 10.4 Å². The Balaban J connectivity index is 1.57. The van der Waals surface area contributed by atoms with Crippen molar-refractivity contribution in [2.24, 2.45) is 5.92 Å². The van der Waals surface area contributed by atoms with Gasteiger partial charge in [-0.15, -0.1) is 0 Å². The van der Waals surface area contributed by atoms with E-state index in [2.05, 4.69) is 71.1 Å². The molecule has 0 aliphatic carbocycles. The topological polar surface area (TPSA) is 68.9 Å². The van der Waals surface area contributed by atoms with Gasteiger partial charge in [0.1, 0.15) is 17.5 Å². The lowest BCUT2D eigenvalue weighted by Crippen LogP contribution is -2.44. The molecule has 25 heavy (non-hydrogen) atoms. The number of nitriles is 1. The van der Waals surface area contributed by atoms with E-state index >= 15 is 0 Å². The van der Waals surface area contributed by atoms with E-state index in [1.165, 1.54) is 5.56 Å². The fourth-order valence-corrected chi connectivity index (χ4v) is 3.35. The van der Waals surface area contributed by atoms with Gasteiger partial charge in [0, 0.05) is 38.1 Å². The fraction of sp³-hybridized carbons (Fsp3) is 0.474. The summed E-state index contributed by atoms with van der Waals surface area (Å²) < 4.78 is 1.91. The molecule has 0 saturated heterocycles. The van der Waals surface area contributed by atoms with E-state index < -0.39 is 0 Å². The predicted octanol–water partition coefficient (Wildman–Crippen LogP) is 1.56. The first kappa shape index (κ1) is 17.5. The molecule has 0 fully saturated rings. The summed E-state index contributed by atoms with van der Waals surface area (Å²) in [6, 6.07) is 13.2. The van der Waals surface area contributed by atoms with Gasteiger partial charge in [0.05, 0.1) is 6.20 Å². The van der Waals surface area contributed by atoms with E-state index in [1.807, 2.05) is 4.68 Å². The molecule has 0 bridgehead atoms. The van der Waals surface area contributed by atoms with E-state index in [0.717, 1.165) is 38.4 Å². The molecule has 0 saturated carbocycles. The fourth-order valence-electron chi connectivity index (χ4n) is 3.35. The number of likely N-dealkylation sites (N-methyl/N-ethyl adjacent to an activating group) is 1. The second-order valence-electron chi connectivity index (χ2n) is 7.00. The van der Waals surface area contributed by atoms with Gasteiger partial charge in [-0.3, -0.25) is 0 Å². The van der Waals surface area contributed by atoms with Crippen LogP contribution in [0.25, 0.3) is 0 Å². The number of anilines is 1. The minimum Gasteiger partial charge on any atom is -0.369 e. The lowest BCUT2D eigenvalue weighted by molar-refractivity contribution is 0.309. The third kappa shape index (κ3) is 4.59. The average molecular weight is 338 g/mol. The average Bonchev–Trinajstić information content (AvgIpc) is 3.02. The summed E-state index contributed by atoms with van der Waals surface area (Å²) in [7, 11) is 4.22. The third-order valence-electron chi connectivity index (χ3n) is 4.55. The molecule has 6 nitrogen and oxygen atoms in total. The van der Waals surface area contributed by atoms with Crippen LogP contribution in [-0.4, -0.2) is 54.5 Å². The molecule has 1 aromatic heterocycles. The van der Waals surface area contributed by atoms with Gasteiger partial charge in [0.15, 0.2) is 0 Å². The Bertz CT molecular complexity index is 715. The molecule has 0 amide bonds. The van der Waals surface area contributed by atoms with E-state index in [1.54, 1.807) is 6.20 Å². The van der Waals surface area contributed by atoms with Crippen LogP contribution in [-0.2, 0) is 13.0 Å². The molecule has 1 aliphatic rings. The summed E-state index contributed by atoms with van der Waals surface area (Å²) >= 11 is 0. The van der Waals surface area contributed by atoms with Crippen LogP contribution in [0.5, 0.6) is 0 Å². The van der Waals surface area contributed by atoms with Crippen molar-refractivity contribution in [2.75, 3.05) is 39.0 Å². The molecule has 1 aliphatic heterocycles. The maximum atomic E-state index is 9.09. The molecule has 2 heterocycles. The van der Waals surface area contributed by atoms with Crippen molar-refractivity contribution < 1.29 is 0 Å². The van der Waals surface area contributed by atoms with E-state index in [9.17, 15) is 0 Å². The molecule has 6 heteroatoms. The Kier molecular flexibility index (Phi) is 5.69. The van der Waals surface area contributed by atoms with E-state index in [-0.39, 0.29) is 0 Å². The number of nitrogens with one attached hydrogen (secondary N) is 2. The lowest BCUT2D eigenvalue weighted by atomic mass is 10.0. The number of rotatable bonds is 7. The van der Waals surface area contributed by atoms with Gasteiger partial charge in [0.2, 0.25) is 0 Å². The first-order valence-electron chi connectivity index (χ1n) is 8.77. The Hall–Kier alpha value is -2.36. The zero-order valence-corrected chi connectivity index (χ0v) is 14.9. The molecule has 2 N–H and O–H groups in total. The number of fused-ring (bicyclic) bond motifs is 1. The first-order chi connectivity index (χ1) is 12.2. The summed E-state index contributed by atoms with van der Waals surface area (Å²) in [6.07, 6.45) is 2.66. The SMILES string of the molecule is CN(C)C[C@@H](Cc1ccccc1)NC[C@@H]1CNc2c(C#N)cnn2C1. The monoisotopic (exact) mass is 338 g/mol. The smallest absolute Gasteiger partial charge is 0.142 e. The molecule has 3 rings (SSSR count). The third-order valence-corrected chi connectivity index (χ3v) is 4.55. The van der Waals surface area contributed by atoms with Crippen molar-refractivity contribution in [1.82, 2.24) is 20.0 Å². The van der Waals surface area contributed by atoms with Crippen LogP contribution in [0.2, 0.25) is 0 Å². The Morgan fingerprint density at radius 2 is 2.20 bits per heavy atom. The quantitative estimate of drug-likeness (QED) is 0.802. The van der Waals surface area contributed by atoms with Crippen molar-refractivity contribution in [1.29, 1.82) is 5.26 Å². The van der Waals surface area contributed by atoms with Gasteiger partial charge in [-0.1, -0.05) is 30.3 Å². The molecule has 0 spiro atoms. The van der Waals surface area contributed by atoms with Crippen LogP contribution < -0.4 is 10.6 Å². The number of benzene rings is 1. The molecule has 0 radical (unpaired) electrons. The normalized spacial score (nSPS) is 17.6. The minimum atomic E-state index is 0.408. The minimum absolute atomic E-state index is 0.408. The van der Waals surface area contributed by atoms with Crippen LogP contribution in [0, 0.1) is 17.2 Å². The van der Waals surface area contributed by atoms with Crippen LogP contribution in [0.3, 0.4) is 0 Å². The van der Waals surface area contributed by atoms with Gasteiger partial charge in [0.25, 0.3) is 0 Å². The van der Waals surface area contributed by atoms with E-state index in [4.69, 9.17) is 5.26 Å². The maximum Gasteiger partial charge on any atom is 0.142 e. The van der Waals surface area contributed by atoms with Crippen LogP contribution in [0.4, 0.5) is 5.82 Å². The van der Waals surface area contributed by atoms with E-state index in [0.29, 0.717) is 17.5 Å². The number of nitrogens with zero attached hydrogens (tertiary/aromatic N) is 4. The van der Waals surface area contributed by atoms with Crippen molar-refractivity contribution in [3.05, 3.63) is 47.7 Å². The molecule has 2 aromatic rings. The zero-order chi connectivity index (χ0) is 17.6. The zero-order valence-electron chi connectivity index (χ0n) is 14.9. The van der Waals surface area contributed by atoms with Crippen LogP contribution in [0.1, 0.15) is 11.1 Å². The predicted molar refractivity (Wildman–Crippen MR) is 99.4 cm³/mol. The van der Waals surface area contributed by atoms with Crippen molar-refractivity contribution in [2.45, 2.75) is 19.0 Å². The van der Waals surface area contributed by atoms with Crippen molar-refractivity contribution in [3.8, 4) is 6.07 Å². The lowest BCUT2D eigenvalue weighted by Gasteiger charge is -2.29. The van der Waals surface area contributed by atoms with Crippen LogP contribution >= 0.6 is 0 Å². The maximum absolute atomic E-state index is 9.09. The summed E-state index contributed by atoms with van der Waals surface area (Å²) in [5.74, 6) is 1.31. The summed E-state index contributed by atoms with van der Waals surface area (Å²) in [6.45, 7) is 3.64. The second kappa shape index (κ2) is 8.15. The van der Waals surface area contributed by atoms with Gasteiger partial charge < -0.3 is 15.5 Å². The highest BCUT2D eigenvalue weighted by molar-refractivity contribution is 5.52. The molecule has 1 aromatic carbocycles. The van der Waals surface area contributed by atoms with Gasteiger partial charge >= 0.3 is 0 Å².